The lowest BCUT2D eigenvalue weighted by atomic mass is 9.95. The second-order valence-corrected chi connectivity index (χ2v) is 3.11. The van der Waals surface area contributed by atoms with Crippen molar-refractivity contribution in [1.29, 1.82) is 0 Å². The average Bonchev–Trinajstić information content (AvgIpc) is 2.05. The van der Waals surface area contributed by atoms with E-state index in [9.17, 15) is 5.11 Å². The molecule has 0 spiro atoms. The van der Waals surface area contributed by atoms with Gasteiger partial charge in [-0.1, -0.05) is 12.2 Å². The average molecular weight is 185 g/mol. The summed E-state index contributed by atoms with van der Waals surface area (Å²) in [7, 11) is 0. The van der Waals surface area contributed by atoms with Crippen molar-refractivity contribution in [2.75, 3.05) is 19.7 Å². The molecule has 0 radical (unpaired) electrons. The summed E-state index contributed by atoms with van der Waals surface area (Å²) in [6.07, 6.45) is 4.42. The number of aliphatic hydroxyl groups excluding tert-OH is 1. The Morgan fingerprint density at radius 3 is 2.15 bits per heavy atom. The predicted molar refractivity (Wildman–Crippen MR) is 54.5 cm³/mol. The van der Waals surface area contributed by atoms with Gasteiger partial charge in [0.1, 0.15) is 0 Å². The lowest BCUT2D eigenvalue weighted by Crippen LogP contribution is -2.40. The molecule has 0 saturated heterocycles. The summed E-state index contributed by atoms with van der Waals surface area (Å²) in [6.45, 7) is 8.20. The smallest absolute Gasteiger partial charge is 0.0839 e. The van der Waals surface area contributed by atoms with E-state index in [1.165, 1.54) is 0 Å². The Labute approximate surface area is 79.8 Å². The standard InChI is InChI=1S/C10H19NO2/c1-3-5-10(13,6-4-2)9-11-7-8-12/h3-4,11-13H,1-2,5-9H2. The quantitative estimate of drug-likeness (QED) is 0.380. The third kappa shape index (κ3) is 5.58. The minimum absolute atomic E-state index is 0.0816. The van der Waals surface area contributed by atoms with E-state index in [1.807, 2.05) is 0 Å². The molecule has 0 aromatic rings. The SMILES string of the molecule is C=CCC(O)(CC=C)CNCCO. The van der Waals surface area contributed by atoms with Crippen molar-refractivity contribution in [2.24, 2.45) is 0 Å². The molecule has 76 valence electrons. The van der Waals surface area contributed by atoms with Crippen LogP contribution in [0.15, 0.2) is 25.3 Å². The Kier molecular flexibility index (Phi) is 6.49. The number of aliphatic hydroxyl groups is 2. The van der Waals surface area contributed by atoms with E-state index >= 15 is 0 Å². The fourth-order valence-corrected chi connectivity index (χ4v) is 1.17. The number of rotatable bonds is 8. The van der Waals surface area contributed by atoms with Gasteiger partial charge in [-0.2, -0.15) is 0 Å². The molecule has 0 aliphatic rings. The summed E-state index contributed by atoms with van der Waals surface area (Å²) in [5.41, 5.74) is -0.807. The molecule has 3 nitrogen and oxygen atoms in total. The summed E-state index contributed by atoms with van der Waals surface area (Å²) in [6, 6.07) is 0. The highest BCUT2D eigenvalue weighted by molar-refractivity contribution is 4.93. The third-order valence-electron chi connectivity index (χ3n) is 1.79. The molecular formula is C10H19NO2. The van der Waals surface area contributed by atoms with Crippen LogP contribution in [0, 0.1) is 0 Å². The lowest BCUT2D eigenvalue weighted by molar-refractivity contribution is 0.0455. The van der Waals surface area contributed by atoms with Gasteiger partial charge >= 0.3 is 0 Å². The molecule has 3 heteroatoms. The van der Waals surface area contributed by atoms with Crippen LogP contribution >= 0.6 is 0 Å². The maximum atomic E-state index is 9.95. The molecule has 3 N–H and O–H groups in total. The van der Waals surface area contributed by atoms with E-state index in [-0.39, 0.29) is 6.61 Å². The van der Waals surface area contributed by atoms with Gasteiger partial charge in [0.15, 0.2) is 0 Å². The van der Waals surface area contributed by atoms with E-state index in [0.717, 1.165) is 0 Å². The van der Waals surface area contributed by atoms with Gasteiger partial charge in [-0.3, -0.25) is 0 Å². The number of nitrogens with one attached hydrogen (secondary N) is 1. The molecule has 0 amide bonds. The molecule has 0 rings (SSSR count). The van der Waals surface area contributed by atoms with Gasteiger partial charge in [0.05, 0.1) is 12.2 Å². The molecule has 0 atom stereocenters. The summed E-state index contributed by atoms with van der Waals surface area (Å²) < 4.78 is 0. The van der Waals surface area contributed by atoms with E-state index in [2.05, 4.69) is 18.5 Å². The van der Waals surface area contributed by atoms with Crippen molar-refractivity contribution < 1.29 is 10.2 Å². The third-order valence-corrected chi connectivity index (χ3v) is 1.79. The van der Waals surface area contributed by atoms with E-state index in [4.69, 9.17) is 5.11 Å². The molecular weight excluding hydrogens is 166 g/mol. The Hall–Kier alpha value is -0.640. The monoisotopic (exact) mass is 185 g/mol. The fraction of sp³-hybridized carbons (Fsp3) is 0.600. The number of hydrogen-bond donors (Lipinski definition) is 3. The summed E-state index contributed by atoms with van der Waals surface area (Å²) in [5.74, 6) is 0. The van der Waals surface area contributed by atoms with Crippen LogP contribution < -0.4 is 5.32 Å². The molecule has 0 fully saturated rings. The molecule has 0 saturated carbocycles. The summed E-state index contributed by atoms with van der Waals surface area (Å²) in [4.78, 5) is 0. The van der Waals surface area contributed by atoms with Gasteiger partial charge in [0.25, 0.3) is 0 Å². The molecule has 0 aromatic carbocycles. The van der Waals surface area contributed by atoms with Crippen molar-refractivity contribution >= 4 is 0 Å². The predicted octanol–water partition coefficient (Wildman–Crippen LogP) is 0.452. The van der Waals surface area contributed by atoms with Crippen molar-refractivity contribution in [1.82, 2.24) is 5.32 Å². The first-order chi connectivity index (χ1) is 6.18. The minimum atomic E-state index is -0.807. The van der Waals surface area contributed by atoms with Crippen LogP contribution in [0.3, 0.4) is 0 Å². The van der Waals surface area contributed by atoms with E-state index < -0.39 is 5.60 Å². The molecule has 0 heterocycles. The van der Waals surface area contributed by atoms with Gasteiger partial charge in [-0.05, 0) is 12.8 Å². The summed E-state index contributed by atoms with van der Waals surface area (Å²) in [5, 5.41) is 21.4. The Morgan fingerprint density at radius 2 is 1.77 bits per heavy atom. The summed E-state index contributed by atoms with van der Waals surface area (Å²) >= 11 is 0. The zero-order chi connectivity index (χ0) is 10.2. The van der Waals surface area contributed by atoms with Crippen LogP contribution in [0.4, 0.5) is 0 Å². The highest BCUT2D eigenvalue weighted by Crippen LogP contribution is 2.15. The number of hydrogen-bond acceptors (Lipinski definition) is 3. The molecule has 13 heavy (non-hydrogen) atoms. The van der Waals surface area contributed by atoms with Crippen molar-refractivity contribution in [3.63, 3.8) is 0 Å². The Morgan fingerprint density at radius 1 is 1.23 bits per heavy atom. The molecule has 0 aromatic heterocycles. The first kappa shape index (κ1) is 12.4. The Balaban J connectivity index is 3.90. The first-order valence-corrected chi connectivity index (χ1v) is 4.44. The van der Waals surface area contributed by atoms with Crippen LogP contribution in [0.5, 0.6) is 0 Å². The van der Waals surface area contributed by atoms with E-state index in [0.29, 0.717) is 25.9 Å². The van der Waals surface area contributed by atoms with Crippen molar-refractivity contribution in [3.05, 3.63) is 25.3 Å². The van der Waals surface area contributed by atoms with E-state index in [1.54, 1.807) is 12.2 Å². The second-order valence-electron chi connectivity index (χ2n) is 3.11. The molecule has 0 aliphatic carbocycles. The minimum Gasteiger partial charge on any atom is -0.395 e. The van der Waals surface area contributed by atoms with Crippen molar-refractivity contribution in [2.45, 2.75) is 18.4 Å². The molecule has 0 aliphatic heterocycles. The largest absolute Gasteiger partial charge is 0.395 e. The van der Waals surface area contributed by atoms with Crippen LogP contribution in [0.1, 0.15) is 12.8 Å². The van der Waals surface area contributed by atoms with Crippen LogP contribution in [-0.2, 0) is 0 Å². The van der Waals surface area contributed by atoms with Crippen molar-refractivity contribution in [3.8, 4) is 0 Å². The lowest BCUT2D eigenvalue weighted by Gasteiger charge is -2.25. The van der Waals surface area contributed by atoms with Gasteiger partial charge in [-0.25, -0.2) is 0 Å². The fourth-order valence-electron chi connectivity index (χ4n) is 1.17. The van der Waals surface area contributed by atoms with Crippen LogP contribution in [0.2, 0.25) is 0 Å². The normalized spacial score (nSPS) is 11.2. The van der Waals surface area contributed by atoms with Gasteiger partial charge < -0.3 is 15.5 Å². The zero-order valence-electron chi connectivity index (χ0n) is 8.00. The zero-order valence-corrected chi connectivity index (χ0v) is 8.00. The highest BCUT2D eigenvalue weighted by Gasteiger charge is 2.22. The second kappa shape index (κ2) is 6.83. The van der Waals surface area contributed by atoms with Gasteiger partial charge in [0.2, 0.25) is 0 Å². The Bertz CT molecular complexity index is 147. The van der Waals surface area contributed by atoms with Gasteiger partial charge in [-0.15, -0.1) is 13.2 Å². The maximum absolute atomic E-state index is 9.95. The van der Waals surface area contributed by atoms with Crippen LogP contribution in [-0.4, -0.2) is 35.5 Å². The molecule has 0 bridgehead atoms. The maximum Gasteiger partial charge on any atom is 0.0839 e. The highest BCUT2D eigenvalue weighted by atomic mass is 16.3. The topological polar surface area (TPSA) is 52.5 Å². The van der Waals surface area contributed by atoms with Crippen LogP contribution in [0.25, 0.3) is 0 Å². The first-order valence-electron chi connectivity index (χ1n) is 4.44. The van der Waals surface area contributed by atoms with Gasteiger partial charge in [0, 0.05) is 13.1 Å². The molecule has 0 unspecified atom stereocenters.